The van der Waals surface area contributed by atoms with Gasteiger partial charge in [0.05, 0.1) is 24.3 Å². The molecular formula is C24H20FN3OS. The molecule has 1 aliphatic heterocycles. The van der Waals surface area contributed by atoms with Crippen LogP contribution in [-0.2, 0) is 6.42 Å². The maximum Gasteiger partial charge on any atom is 0.186 e. The van der Waals surface area contributed by atoms with Gasteiger partial charge in [-0.15, -0.1) is 11.3 Å². The summed E-state index contributed by atoms with van der Waals surface area (Å²) in [4.78, 5) is 7.51. The fourth-order valence-corrected chi connectivity index (χ4v) is 4.69. The second-order valence-electron chi connectivity index (χ2n) is 7.07. The Morgan fingerprint density at radius 1 is 1.17 bits per heavy atom. The monoisotopic (exact) mass is 417 g/mol. The Labute approximate surface area is 179 Å². The summed E-state index contributed by atoms with van der Waals surface area (Å²) in [6.07, 6.45) is 2.73. The molecule has 4 rings (SSSR count). The van der Waals surface area contributed by atoms with E-state index in [1.165, 1.54) is 6.07 Å². The molecule has 6 heteroatoms. The first-order chi connectivity index (χ1) is 14.7. The first kappa shape index (κ1) is 20.1. The minimum Gasteiger partial charge on any atom is -0.394 e. The van der Waals surface area contributed by atoms with Gasteiger partial charge >= 0.3 is 0 Å². The van der Waals surface area contributed by atoms with E-state index in [1.807, 2.05) is 35.4 Å². The molecule has 1 aromatic heterocycles. The van der Waals surface area contributed by atoms with Crippen LogP contribution in [0.15, 0.2) is 54.7 Å². The SMILES string of the molecule is CCc1cnc(N2[C@H](CO)[C@@H](c3ccc(C#Cc4ccccc4F)cc3)[C@@H]2C#N)s1. The molecule has 1 saturated heterocycles. The predicted molar refractivity (Wildman–Crippen MR) is 116 cm³/mol. The van der Waals surface area contributed by atoms with Crippen LogP contribution in [0.2, 0.25) is 0 Å². The summed E-state index contributed by atoms with van der Waals surface area (Å²) in [6.45, 7) is 2.01. The number of rotatable bonds is 4. The van der Waals surface area contributed by atoms with E-state index in [0.717, 1.165) is 27.6 Å². The van der Waals surface area contributed by atoms with E-state index in [0.29, 0.717) is 5.56 Å². The van der Waals surface area contributed by atoms with Crippen LogP contribution in [0.3, 0.4) is 0 Å². The van der Waals surface area contributed by atoms with E-state index in [9.17, 15) is 14.8 Å². The number of nitriles is 1. The zero-order valence-corrected chi connectivity index (χ0v) is 17.2. The van der Waals surface area contributed by atoms with Crippen LogP contribution in [0.5, 0.6) is 0 Å². The number of aliphatic hydroxyl groups excluding tert-OH is 1. The Bertz CT molecular complexity index is 1140. The van der Waals surface area contributed by atoms with Gasteiger partial charge in [-0.1, -0.05) is 43.0 Å². The average molecular weight is 418 g/mol. The number of halogens is 1. The van der Waals surface area contributed by atoms with Crippen LogP contribution in [0.25, 0.3) is 0 Å². The van der Waals surface area contributed by atoms with Crippen molar-refractivity contribution < 1.29 is 9.50 Å². The van der Waals surface area contributed by atoms with Crippen molar-refractivity contribution in [3.05, 3.63) is 82.1 Å². The first-order valence-corrected chi connectivity index (χ1v) is 10.6. The number of aliphatic hydroxyl groups is 1. The van der Waals surface area contributed by atoms with Gasteiger partial charge in [0.2, 0.25) is 0 Å². The Hall–Kier alpha value is -3.19. The van der Waals surface area contributed by atoms with Crippen molar-refractivity contribution in [3.8, 4) is 17.9 Å². The lowest BCUT2D eigenvalue weighted by molar-refractivity contribution is 0.187. The topological polar surface area (TPSA) is 60.1 Å². The zero-order valence-electron chi connectivity index (χ0n) is 16.4. The zero-order chi connectivity index (χ0) is 21.1. The van der Waals surface area contributed by atoms with E-state index in [-0.39, 0.29) is 30.4 Å². The molecule has 2 heterocycles. The molecule has 1 fully saturated rings. The van der Waals surface area contributed by atoms with Crippen LogP contribution in [0, 0.1) is 29.0 Å². The number of nitrogens with zero attached hydrogens (tertiary/aromatic N) is 3. The molecule has 3 atom stereocenters. The third-order valence-electron chi connectivity index (χ3n) is 5.35. The molecule has 1 aliphatic rings. The summed E-state index contributed by atoms with van der Waals surface area (Å²) in [5.41, 5.74) is 2.09. The van der Waals surface area contributed by atoms with Crippen LogP contribution < -0.4 is 4.90 Å². The summed E-state index contributed by atoms with van der Waals surface area (Å²) in [5, 5.41) is 20.5. The first-order valence-electron chi connectivity index (χ1n) is 9.76. The number of hydrogen-bond acceptors (Lipinski definition) is 5. The van der Waals surface area contributed by atoms with Crippen molar-refractivity contribution in [2.24, 2.45) is 0 Å². The number of anilines is 1. The Balaban J connectivity index is 1.55. The summed E-state index contributed by atoms with van der Waals surface area (Å²) in [7, 11) is 0. The van der Waals surface area contributed by atoms with Crippen molar-refractivity contribution in [1.82, 2.24) is 4.98 Å². The number of thiazole rings is 1. The normalized spacial score (nSPS) is 20.1. The van der Waals surface area contributed by atoms with Crippen LogP contribution in [0.1, 0.15) is 34.4 Å². The molecule has 0 radical (unpaired) electrons. The lowest BCUT2D eigenvalue weighted by atomic mass is 9.76. The third kappa shape index (κ3) is 3.68. The minimum absolute atomic E-state index is 0.0568. The standard InChI is InChI=1S/C24H20FN3OS/c1-2-19-14-27-24(30-19)28-21(13-26)23(22(28)15-29)18-11-8-16(9-12-18)7-10-17-5-3-4-6-20(17)25/h3-6,8-9,11-12,14,21-23,29H,2,15H2,1H3/t21-,22+,23-/m0/s1. The molecule has 150 valence electrons. The lowest BCUT2D eigenvalue weighted by Gasteiger charge is -2.51. The second-order valence-corrected chi connectivity index (χ2v) is 8.17. The molecule has 0 bridgehead atoms. The molecule has 0 unspecified atom stereocenters. The van der Waals surface area contributed by atoms with E-state index in [1.54, 1.807) is 29.5 Å². The fraction of sp³-hybridized carbons (Fsp3) is 0.250. The maximum atomic E-state index is 13.7. The number of benzene rings is 2. The fourth-order valence-electron chi connectivity index (χ4n) is 3.74. The molecule has 3 aromatic rings. The number of aromatic nitrogens is 1. The molecule has 2 aromatic carbocycles. The molecule has 0 saturated carbocycles. The maximum absolute atomic E-state index is 13.7. The van der Waals surface area contributed by atoms with Crippen molar-refractivity contribution in [1.29, 1.82) is 5.26 Å². The molecule has 0 amide bonds. The van der Waals surface area contributed by atoms with Crippen molar-refractivity contribution in [2.45, 2.75) is 31.3 Å². The van der Waals surface area contributed by atoms with Gasteiger partial charge in [-0.25, -0.2) is 9.37 Å². The highest BCUT2D eigenvalue weighted by Crippen LogP contribution is 2.44. The number of aryl methyl sites for hydroxylation is 1. The van der Waals surface area contributed by atoms with Crippen LogP contribution in [-0.4, -0.2) is 28.8 Å². The van der Waals surface area contributed by atoms with Gasteiger partial charge in [-0.3, -0.25) is 0 Å². The molecule has 1 N–H and O–H groups in total. The molecule has 4 nitrogen and oxygen atoms in total. The predicted octanol–water partition coefficient (Wildman–Crippen LogP) is 4.10. The van der Waals surface area contributed by atoms with E-state index in [2.05, 4.69) is 29.8 Å². The van der Waals surface area contributed by atoms with Gasteiger partial charge in [-0.2, -0.15) is 5.26 Å². The summed E-state index contributed by atoms with van der Waals surface area (Å²) >= 11 is 1.56. The van der Waals surface area contributed by atoms with Crippen LogP contribution >= 0.6 is 11.3 Å². The van der Waals surface area contributed by atoms with Crippen molar-refractivity contribution in [3.63, 3.8) is 0 Å². The van der Waals surface area contributed by atoms with Gasteiger partial charge in [-0.05, 0) is 36.2 Å². The summed E-state index contributed by atoms with van der Waals surface area (Å²) in [5.74, 6) is 5.38. The van der Waals surface area contributed by atoms with Gasteiger partial charge in [0, 0.05) is 22.6 Å². The molecular weight excluding hydrogens is 397 g/mol. The highest BCUT2D eigenvalue weighted by molar-refractivity contribution is 7.15. The third-order valence-corrected chi connectivity index (χ3v) is 6.51. The lowest BCUT2D eigenvalue weighted by Crippen LogP contribution is -2.63. The minimum atomic E-state index is -0.381. The highest BCUT2D eigenvalue weighted by atomic mass is 32.1. The van der Waals surface area contributed by atoms with E-state index < -0.39 is 0 Å². The van der Waals surface area contributed by atoms with Gasteiger partial charge in [0.1, 0.15) is 11.9 Å². The Morgan fingerprint density at radius 3 is 2.57 bits per heavy atom. The Morgan fingerprint density at radius 2 is 1.93 bits per heavy atom. The smallest absolute Gasteiger partial charge is 0.186 e. The van der Waals surface area contributed by atoms with Gasteiger partial charge < -0.3 is 10.0 Å². The molecule has 0 spiro atoms. The summed E-state index contributed by atoms with van der Waals surface area (Å²) < 4.78 is 13.7. The van der Waals surface area contributed by atoms with E-state index in [4.69, 9.17) is 0 Å². The van der Waals surface area contributed by atoms with Crippen molar-refractivity contribution >= 4 is 16.5 Å². The quantitative estimate of drug-likeness (QED) is 0.650. The molecule has 30 heavy (non-hydrogen) atoms. The highest BCUT2D eigenvalue weighted by Gasteiger charge is 2.50. The Kier molecular flexibility index (Phi) is 5.81. The van der Waals surface area contributed by atoms with Crippen molar-refractivity contribution in [2.75, 3.05) is 11.5 Å². The second kappa shape index (κ2) is 8.67. The largest absolute Gasteiger partial charge is 0.394 e. The number of hydrogen-bond donors (Lipinski definition) is 1. The van der Waals surface area contributed by atoms with Gasteiger partial charge in [0.25, 0.3) is 0 Å². The van der Waals surface area contributed by atoms with Gasteiger partial charge in [0.15, 0.2) is 5.13 Å². The molecule has 0 aliphatic carbocycles. The summed E-state index contributed by atoms with van der Waals surface area (Å²) in [6, 6.07) is 15.8. The van der Waals surface area contributed by atoms with E-state index >= 15 is 0 Å². The van der Waals surface area contributed by atoms with Crippen LogP contribution in [0.4, 0.5) is 9.52 Å². The average Bonchev–Trinajstić information content (AvgIpc) is 3.22.